The third-order valence-electron chi connectivity index (χ3n) is 1.91. The first-order valence-corrected chi connectivity index (χ1v) is 4.71. The number of aliphatic hydroxyl groups is 1. The topological polar surface area (TPSA) is 55.5 Å². The first-order valence-electron chi connectivity index (χ1n) is 4.71. The average molecular weight is 232 g/mol. The van der Waals surface area contributed by atoms with E-state index in [1.54, 1.807) is 0 Å². The molecule has 86 valence electrons. The van der Waals surface area contributed by atoms with Gasteiger partial charge in [-0.2, -0.15) is 0 Å². The molecule has 0 saturated carbocycles. The van der Waals surface area contributed by atoms with Crippen molar-refractivity contribution in [3.63, 3.8) is 0 Å². The van der Waals surface area contributed by atoms with E-state index in [1.165, 1.54) is 0 Å². The molecule has 0 bridgehead atoms. The molecule has 1 rings (SSSR count). The van der Waals surface area contributed by atoms with Crippen LogP contribution in [-0.2, 0) is 0 Å². The van der Waals surface area contributed by atoms with Gasteiger partial charge in [0.25, 0.3) is 0 Å². The molecule has 1 aromatic rings. The molecule has 0 heterocycles. The molecule has 3 nitrogen and oxygen atoms in total. The van der Waals surface area contributed by atoms with Crippen LogP contribution in [0.2, 0.25) is 0 Å². The monoisotopic (exact) mass is 231 g/mol. The number of halogens is 1. The second-order valence-electron chi connectivity index (χ2n) is 3.52. The third kappa shape index (κ3) is 5.02. The summed E-state index contributed by atoms with van der Waals surface area (Å²) in [7, 11) is 0. The zero-order valence-corrected chi connectivity index (χ0v) is 9.88. The standard InChI is InChI=1S/C11H17NO2.ClH/c1-8-3-9(2)5-11(4-8)14-7-10(13)6-12;/h3-5,10,13H,6-7,12H2,1-2H3;1H. The molecule has 4 heteroatoms. The number of ether oxygens (including phenoxy) is 1. The van der Waals surface area contributed by atoms with Crippen LogP contribution in [0.1, 0.15) is 11.1 Å². The van der Waals surface area contributed by atoms with Crippen LogP contribution in [0.25, 0.3) is 0 Å². The molecule has 0 spiro atoms. The lowest BCUT2D eigenvalue weighted by Gasteiger charge is -2.11. The van der Waals surface area contributed by atoms with Crippen molar-refractivity contribution < 1.29 is 9.84 Å². The van der Waals surface area contributed by atoms with E-state index in [9.17, 15) is 5.11 Å². The van der Waals surface area contributed by atoms with Crippen LogP contribution >= 0.6 is 12.4 Å². The highest BCUT2D eigenvalue weighted by molar-refractivity contribution is 5.85. The van der Waals surface area contributed by atoms with Gasteiger partial charge in [-0.1, -0.05) is 6.07 Å². The Morgan fingerprint density at radius 1 is 1.27 bits per heavy atom. The summed E-state index contributed by atoms with van der Waals surface area (Å²) in [6.07, 6.45) is -0.587. The van der Waals surface area contributed by atoms with Gasteiger partial charge in [-0.05, 0) is 37.1 Å². The molecule has 0 aromatic heterocycles. The zero-order chi connectivity index (χ0) is 10.6. The van der Waals surface area contributed by atoms with Crippen molar-refractivity contribution in [2.75, 3.05) is 13.2 Å². The van der Waals surface area contributed by atoms with Crippen molar-refractivity contribution in [3.8, 4) is 5.75 Å². The average Bonchev–Trinajstić information content (AvgIpc) is 2.12. The Bertz CT molecular complexity index is 284. The van der Waals surface area contributed by atoms with Crippen molar-refractivity contribution in [2.45, 2.75) is 20.0 Å². The minimum Gasteiger partial charge on any atom is -0.491 e. The van der Waals surface area contributed by atoms with Gasteiger partial charge in [-0.25, -0.2) is 0 Å². The normalized spacial score (nSPS) is 11.7. The maximum Gasteiger partial charge on any atom is 0.119 e. The number of hydrogen-bond acceptors (Lipinski definition) is 3. The molecule has 0 aliphatic carbocycles. The van der Waals surface area contributed by atoms with Crippen molar-refractivity contribution in [2.24, 2.45) is 5.73 Å². The van der Waals surface area contributed by atoms with E-state index >= 15 is 0 Å². The van der Waals surface area contributed by atoms with E-state index < -0.39 is 6.10 Å². The van der Waals surface area contributed by atoms with Gasteiger partial charge in [0.1, 0.15) is 18.5 Å². The number of nitrogens with two attached hydrogens (primary N) is 1. The number of rotatable bonds is 4. The molecule has 0 fully saturated rings. The predicted octanol–water partition coefficient (Wildman–Crippen LogP) is 1.42. The lowest BCUT2D eigenvalue weighted by Crippen LogP contribution is -2.26. The highest BCUT2D eigenvalue weighted by atomic mass is 35.5. The summed E-state index contributed by atoms with van der Waals surface area (Å²) in [6, 6.07) is 5.96. The van der Waals surface area contributed by atoms with Crippen molar-refractivity contribution in [1.29, 1.82) is 0 Å². The number of aliphatic hydroxyl groups excluding tert-OH is 1. The minimum atomic E-state index is -0.587. The van der Waals surface area contributed by atoms with E-state index in [-0.39, 0.29) is 25.6 Å². The van der Waals surface area contributed by atoms with Gasteiger partial charge in [-0.3, -0.25) is 0 Å². The van der Waals surface area contributed by atoms with Gasteiger partial charge in [0.05, 0.1) is 0 Å². The molecule has 0 aliphatic heterocycles. The summed E-state index contributed by atoms with van der Waals surface area (Å²) < 4.78 is 5.39. The van der Waals surface area contributed by atoms with Crippen LogP contribution < -0.4 is 10.5 Å². The molecular weight excluding hydrogens is 214 g/mol. The Kier molecular flexibility index (Phi) is 6.32. The van der Waals surface area contributed by atoms with Gasteiger partial charge in [-0.15, -0.1) is 12.4 Å². The van der Waals surface area contributed by atoms with Crippen LogP contribution in [0.5, 0.6) is 5.75 Å². The maximum absolute atomic E-state index is 9.21. The van der Waals surface area contributed by atoms with Crippen LogP contribution in [0.15, 0.2) is 18.2 Å². The van der Waals surface area contributed by atoms with Crippen LogP contribution in [0.4, 0.5) is 0 Å². The molecule has 1 unspecified atom stereocenters. The number of hydrogen-bond donors (Lipinski definition) is 2. The van der Waals surface area contributed by atoms with Crippen molar-refractivity contribution >= 4 is 12.4 Å². The van der Waals surface area contributed by atoms with E-state index in [0.717, 1.165) is 16.9 Å². The van der Waals surface area contributed by atoms with Gasteiger partial charge >= 0.3 is 0 Å². The zero-order valence-electron chi connectivity index (χ0n) is 9.06. The molecular formula is C11H18ClNO2. The lowest BCUT2D eigenvalue weighted by atomic mass is 10.1. The van der Waals surface area contributed by atoms with Crippen LogP contribution in [0, 0.1) is 13.8 Å². The fourth-order valence-electron chi connectivity index (χ4n) is 1.28. The highest BCUT2D eigenvalue weighted by Gasteiger charge is 2.02. The summed E-state index contributed by atoms with van der Waals surface area (Å²) in [5.41, 5.74) is 7.58. The van der Waals surface area contributed by atoms with Gasteiger partial charge in [0.2, 0.25) is 0 Å². The Morgan fingerprint density at radius 2 is 1.80 bits per heavy atom. The summed E-state index contributed by atoms with van der Waals surface area (Å²) in [4.78, 5) is 0. The Morgan fingerprint density at radius 3 is 2.27 bits per heavy atom. The van der Waals surface area contributed by atoms with E-state index in [1.807, 2.05) is 26.0 Å². The Labute approximate surface area is 96.7 Å². The van der Waals surface area contributed by atoms with Gasteiger partial charge < -0.3 is 15.6 Å². The number of aryl methyl sites for hydroxylation is 2. The maximum atomic E-state index is 9.21. The number of benzene rings is 1. The fraction of sp³-hybridized carbons (Fsp3) is 0.455. The van der Waals surface area contributed by atoms with Gasteiger partial charge in [0.15, 0.2) is 0 Å². The summed E-state index contributed by atoms with van der Waals surface area (Å²) >= 11 is 0. The van der Waals surface area contributed by atoms with Crippen molar-refractivity contribution in [1.82, 2.24) is 0 Å². The third-order valence-corrected chi connectivity index (χ3v) is 1.91. The SMILES string of the molecule is Cc1cc(C)cc(OCC(O)CN)c1.Cl. The summed E-state index contributed by atoms with van der Waals surface area (Å²) in [5.74, 6) is 0.787. The molecule has 3 N–H and O–H groups in total. The Hall–Kier alpha value is -0.770. The Balaban J connectivity index is 0.00000196. The lowest BCUT2D eigenvalue weighted by molar-refractivity contribution is 0.114. The molecule has 1 aromatic carbocycles. The van der Waals surface area contributed by atoms with E-state index in [2.05, 4.69) is 6.07 Å². The predicted molar refractivity (Wildman–Crippen MR) is 63.7 cm³/mol. The fourth-order valence-corrected chi connectivity index (χ4v) is 1.28. The highest BCUT2D eigenvalue weighted by Crippen LogP contribution is 2.16. The van der Waals surface area contributed by atoms with Crippen LogP contribution in [-0.4, -0.2) is 24.4 Å². The second kappa shape index (κ2) is 6.67. The van der Waals surface area contributed by atoms with Crippen molar-refractivity contribution in [3.05, 3.63) is 29.3 Å². The van der Waals surface area contributed by atoms with E-state index in [4.69, 9.17) is 10.5 Å². The van der Waals surface area contributed by atoms with E-state index in [0.29, 0.717) is 0 Å². The first kappa shape index (κ1) is 14.2. The molecule has 0 aliphatic rings. The quantitative estimate of drug-likeness (QED) is 0.824. The van der Waals surface area contributed by atoms with Crippen LogP contribution in [0.3, 0.4) is 0 Å². The summed E-state index contributed by atoms with van der Waals surface area (Å²) in [5, 5.41) is 9.21. The second-order valence-corrected chi connectivity index (χ2v) is 3.52. The minimum absolute atomic E-state index is 0. The largest absolute Gasteiger partial charge is 0.491 e. The first-order chi connectivity index (χ1) is 6.61. The molecule has 15 heavy (non-hydrogen) atoms. The molecule has 0 radical (unpaired) electrons. The smallest absolute Gasteiger partial charge is 0.119 e. The molecule has 0 saturated heterocycles. The van der Waals surface area contributed by atoms with Gasteiger partial charge in [0, 0.05) is 6.54 Å². The molecule has 1 atom stereocenters. The summed E-state index contributed by atoms with van der Waals surface area (Å²) in [6.45, 7) is 4.50. The molecule has 0 amide bonds.